The van der Waals surface area contributed by atoms with Crippen molar-refractivity contribution in [1.82, 2.24) is 9.88 Å². The van der Waals surface area contributed by atoms with Crippen molar-refractivity contribution in [1.29, 1.82) is 0 Å². The van der Waals surface area contributed by atoms with Crippen molar-refractivity contribution in [2.45, 2.75) is 26.4 Å². The number of morpholine rings is 1. The molecule has 0 aliphatic carbocycles. The molecule has 1 atom stereocenters. The quantitative estimate of drug-likeness (QED) is 0.905. The lowest BCUT2D eigenvalue weighted by Gasteiger charge is -2.33. The van der Waals surface area contributed by atoms with Crippen LogP contribution >= 0.6 is 11.3 Å². The smallest absolute Gasteiger partial charge is 0.265 e. The second-order valence-corrected chi connectivity index (χ2v) is 6.00. The van der Waals surface area contributed by atoms with Crippen molar-refractivity contribution in [3.8, 4) is 0 Å². The standard InChI is InChI=1S/C12H19N3O2S/c1-8(2)5-9-7-15(3-4-17-9)11(16)10-6-14-12(13)18-10/h6,8-9H,3-5,7H2,1-2H3,(H2,13,14). The maximum absolute atomic E-state index is 12.2. The van der Waals surface area contributed by atoms with Crippen molar-refractivity contribution in [2.24, 2.45) is 5.92 Å². The highest BCUT2D eigenvalue weighted by Gasteiger charge is 2.26. The first kappa shape index (κ1) is 13.3. The van der Waals surface area contributed by atoms with Crippen LogP contribution in [-0.2, 0) is 4.74 Å². The maximum atomic E-state index is 12.2. The van der Waals surface area contributed by atoms with Gasteiger partial charge in [-0.1, -0.05) is 25.2 Å². The predicted molar refractivity (Wildman–Crippen MR) is 71.6 cm³/mol. The third kappa shape index (κ3) is 3.20. The number of rotatable bonds is 3. The molecule has 18 heavy (non-hydrogen) atoms. The first-order valence-electron chi connectivity index (χ1n) is 6.18. The van der Waals surface area contributed by atoms with E-state index in [0.29, 0.717) is 35.6 Å². The van der Waals surface area contributed by atoms with Crippen LogP contribution in [0.1, 0.15) is 29.9 Å². The highest BCUT2D eigenvalue weighted by Crippen LogP contribution is 2.20. The molecule has 2 heterocycles. The molecule has 0 saturated carbocycles. The van der Waals surface area contributed by atoms with Crippen LogP contribution in [0.25, 0.3) is 0 Å². The van der Waals surface area contributed by atoms with E-state index in [2.05, 4.69) is 18.8 Å². The van der Waals surface area contributed by atoms with E-state index in [0.717, 1.165) is 6.42 Å². The summed E-state index contributed by atoms with van der Waals surface area (Å²) in [7, 11) is 0. The Morgan fingerprint density at radius 1 is 1.72 bits per heavy atom. The Hall–Kier alpha value is -1.14. The molecule has 2 N–H and O–H groups in total. The zero-order valence-electron chi connectivity index (χ0n) is 10.8. The molecule has 100 valence electrons. The summed E-state index contributed by atoms with van der Waals surface area (Å²) >= 11 is 1.24. The fourth-order valence-corrected chi connectivity index (χ4v) is 2.77. The topological polar surface area (TPSA) is 68.5 Å². The number of aromatic nitrogens is 1. The summed E-state index contributed by atoms with van der Waals surface area (Å²) in [5.41, 5.74) is 5.55. The second-order valence-electron chi connectivity index (χ2n) is 4.94. The van der Waals surface area contributed by atoms with E-state index in [4.69, 9.17) is 10.5 Å². The molecule has 1 aliphatic rings. The molecule has 1 aliphatic heterocycles. The number of nitrogens with two attached hydrogens (primary N) is 1. The summed E-state index contributed by atoms with van der Waals surface area (Å²) in [5, 5.41) is 0.435. The third-order valence-corrected chi connectivity index (χ3v) is 3.71. The van der Waals surface area contributed by atoms with Crippen LogP contribution < -0.4 is 5.73 Å². The molecule has 0 spiro atoms. The number of nitrogen functional groups attached to an aromatic ring is 1. The number of hydrogen-bond donors (Lipinski definition) is 1. The minimum absolute atomic E-state index is 0.0151. The van der Waals surface area contributed by atoms with Crippen molar-refractivity contribution in [3.63, 3.8) is 0 Å². The molecule has 5 nitrogen and oxygen atoms in total. The number of carbonyl (C=O) groups is 1. The van der Waals surface area contributed by atoms with Gasteiger partial charge in [-0.15, -0.1) is 0 Å². The van der Waals surface area contributed by atoms with Gasteiger partial charge in [0, 0.05) is 13.1 Å². The average molecular weight is 269 g/mol. The van der Waals surface area contributed by atoms with Crippen molar-refractivity contribution in [3.05, 3.63) is 11.1 Å². The molecule has 2 rings (SSSR count). The predicted octanol–water partition coefficient (Wildman–Crippen LogP) is 1.61. The first-order chi connectivity index (χ1) is 8.56. The lowest BCUT2D eigenvalue weighted by atomic mass is 10.0. The van der Waals surface area contributed by atoms with Crippen LogP contribution in [-0.4, -0.2) is 41.6 Å². The van der Waals surface area contributed by atoms with Crippen LogP contribution in [0.2, 0.25) is 0 Å². The molecular weight excluding hydrogens is 250 g/mol. The monoisotopic (exact) mass is 269 g/mol. The number of carbonyl (C=O) groups excluding carboxylic acids is 1. The van der Waals surface area contributed by atoms with Gasteiger partial charge in [0.15, 0.2) is 5.13 Å². The zero-order valence-corrected chi connectivity index (χ0v) is 11.6. The van der Waals surface area contributed by atoms with Gasteiger partial charge in [-0.05, 0) is 12.3 Å². The Bertz CT molecular complexity index is 419. The fourth-order valence-electron chi connectivity index (χ4n) is 2.11. The van der Waals surface area contributed by atoms with E-state index >= 15 is 0 Å². The van der Waals surface area contributed by atoms with E-state index in [1.54, 1.807) is 6.20 Å². The summed E-state index contributed by atoms with van der Waals surface area (Å²) in [5.74, 6) is 0.588. The number of ether oxygens (including phenoxy) is 1. The van der Waals surface area contributed by atoms with Gasteiger partial charge in [-0.2, -0.15) is 0 Å². The van der Waals surface area contributed by atoms with Crippen LogP contribution in [0.15, 0.2) is 6.20 Å². The molecule has 1 fully saturated rings. The van der Waals surface area contributed by atoms with Crippen molar-refractivity contribution in [2.75, 3.05) is 25.4 Å². The minimum Gasteiger partial charge on any atom is -0.375 e. The molecule has 1 saturated heterocycles. The molecule has 1 aromatic rings. The molecule has 0 radical (unpaired) electrons. The number of nitrogens with zero attached hydrogens (tertiary/aromatic N) is 2. The molecule has 1 unspecified atom stereocenters. The van der Waals surface area contributed by atoms with E-state index in [-0.39, 0.29) is 12.0 Å². The van der Waals surface area contributed by atoms with Gasteiger partial charge in [0.05, 0.1) is 18.9 Å². The largest absolute Gasteiger partial charge is 0.375 e. The van der Waals surface area contributed by atoms with E-state index in [1.165, 1.54) is 11.3 Å². The van der Waals surface area contributed by atoms with Crippen LogP contribution in [0.5, 0.6) is 0 Å². The highest BCUT2D eigenvalue weighted by atomic mass is 32.1. The Morgan fingerprint density at radius 3 is 3.11 bits per heavy atom. The second kappa shape index (κ2) is 5.67. The fraction of sp³-hybridized carbons (Fsp3) is 0.667. The summed E-state index contributed by atoms with van der Waals surface area (Å²) < 4.78 is 5.68. The Kier molecular flexibility index (Phi) is 4.19. The Balaban J connectivity index is 1.98. The van der Waals surface area contributed by atoms with Crippen LogP contribution in [0, 0.1) is 5.92 Å². The van der Waals surface area contributed by atoms with E-state index in [9.17, 15) is 4.79 Å². The Morgan fingerprint density at radius 2 is 2.50 bits per heavy atom. The number of hydrogen-bond acceptors (Lipinski definition) is 5. The van der Waals surface area contributed by atoms with Gasteiger partial charge < -0.3 is 15.4 Å². The number of anilines is 1. The molecular formula is C12H19N3O2S. The number of thiazole rings is 1. The van der Waals surface area contributed by atoms with Crippen LogP contribution in [0.4, 0.5) is 5.13 Å². The van der Waals surface area contributed by atoms with Gasteiger partial charge >= 0.3 is 0 Å². The van der Waals surface area contributed by atoms with Crippen LogP contribution in [0.3, 0.4) is 0 Å². The lowest BCUT2D eigenvalue weighted by molar-refractivity contribution is -0.0296. The van der Waals surface area contributed by atoms with Crippen molar-refractivity contribution < 1.29 is 9.53 Å². The molecule has 6 heteroatoms. The SMILES string of the molecule is CC(C)CC1CN(C(=O)c2cnc(N)s2)CCO1. The lowest BCUT2D eigenvalue weighted by Crippen LogP contribution is -2.45. The van der Waals surface area contributed by atoms with E-state index < -0.39 is 0 Å². The summed E-state index contributed by atoms with van der Waals surface area (Å²) in [6, 6.07) is 0. The van der Waals surface area contributed by atoms with Gasteiger partial charge in [-0.3, -0.25) is 4.79 Å². The van der Waals surface area contributed by atoms with Gasteiger partial charge in [0.25, 0.3) is 5.91 Å². The first-order valence-corrected chi connectivity index (χ1v) is 7.00. The Labute approximate surface area is 111 Å². The third-order valence-electron chi connectivity index (χ3n) is 2.89. The molecule has 1 amide bonds. The van der Waals surface area contributed by atoms with E-state index in [1.807, 2.05) is 4.90 Å². The molecule has 0 aromatic carbocycles. The maximum Gasteiger partial charge on any atom is 0.265 e. The average Bonchev–Trinajstić information content (AvgIpc) is 2.74. The zero-order chi connectivity index (χ0) is 13.1. The van der Waals surface area contributed by atoms with Gasteiger partial charge in [-0.25, -0.2) is 4.98 Å². The summed E-state index contributed by atoms with van der Waals surface area (Å²) in [6.45, 7) is 6.24. The van der Waals surface area contributed by atoms with Gasteiger partial charge in [0.1, 0.15) is 4.88 Å². The minimum atomic E-state index is 0.0151. The highest BCUT2D eigenvalue weighted by molar-refractivity contribution is 7.17. The van der Waals surface area contributed by atoms with Crippen molar-refractivity contribution >= 4 is 22.4 Å². The molecule has 1 aromatic heterocycles. The molecule has 0 bridgehead atoms. The normalized spacial score (nSPS) is 20.4. The number of amides is 1. The van der Waals surface area contributed by atoms with Gasteiger partial charge in [0.2, 0.25) is 0 Å². The summed E-state index contributed by atoms with van der Waals surface area (Å²) in [4.78, 5) is 18.6. The summed E-state index contributed by atoms with van der Waals surface area (Å²) in [6.07, 6.45) is 2.68.